The normalized spacial score (nSPS) is 11.4. The fourth-order valence-electron chi connectivity index (χ4n) is 2.21. The Bertz CT molecular complexity index is 1110. The summed E-state index contributed by atoms with van der Waals surface area (Å²) < 4.78 is 84.7. The van der Waals surface area contributed by atoms with Gasteiger partial charge in [-0.2, -0.15) is 0 Å². The summed E-state index contributed by atoms with van der Waals surface area (Å²) in [5.74, 6) is -4.40. The maximum Gasteiger partial charge on any atom is 0.243 e. The van der Waals surface area contributed by atoms with Crippen molar-refractivity contribution in [2.45, 2.75) is 11.4 Å². The molecule has 3 rings (SSSR count). The summed E-state index contributed by atoms with van der Waals surface area (Å²) in [6.07, 6.45) is 1.35. The van der Waals surface area contributed by atoms with Gasteiger partial charge < -0.3 is 4.74 Å². The van der Waals surface area contributed by atoms with Crippen molar-refractivity contribution in [3.8, 4) is 11.6 Å². The van der Waals surface area contributed by atoms with Crippen LogP contribution in [0.4, 0.5) is 17.6 Å². The molecule has 3 aromatic rings. The third-order valence-corrected chi connectivity index (χ3v) is 4.98. The predicted molar refractivity (Wildman–Crippen MR) is 91.1 cm³/mol. The SMILES string of the molecule is O=S(=O)(NCc1ccnc(Oc2ccc(F)cc2)c1)c1cc(F)c(F)cc1F. The van der Waals surface area contributed by atoms with Crippen LogP contribution in [0.15, 0.2) is 59.6 Å². The molecule has 2 aromatic carbocycles. The molecule has 0 atom stereocenters. The number of benzene rings is 2. The molecule has 146 valence electrons. The molecule has 0 amide bonds. The zero-order valence-electron chi connectivity index (χ0n) is 14.0. The Morgan fingerprint density at radius 1 is 0.893 bits per heavy atom. The van der Waals surface area contributed by atoms with Crippen molar-refractivity contribution in [3.05, 3.63) is 83.6 Å². The predicted octanol–water partition coefficient (Wildman–Crippen LogP) is 3.91. The molecule has 0 aliphatic heterocycles. The molecule has 1 aromatic heterocycles. The monoisotopic (exact) mass is 412 g/mol. The van der Waals surface area contributed by atoms with Crippen LogP contribution < -0.4 is 9.46 Å². The number of nitrogens with one attached hydrogen (secondary N) is 1. The van der Waals surface area contributed by atoms with E-state index in [9.17, 15) is 26.0 Å². The molecule has 0 spiro atoms. The van der Waals surface area contributed by atoms with Crippen LogP contribution in [-0.4, -0.2) is 13.4 Å². The van der Waals surface area contributed by atoms with Crippen LogP contribution in [-0.2, 0) is 16.6 Å². The maximum atomic E-state index is 13.7. The third-order valence-electron chi connectivity index (χ3n) is 3.57. The van der Waals surface area contributed by atoms with Crippen molar-refractivity contribution in [2.75, 3.05) is 0 Å². The average Bonchev–Trinajstić information content (AvgIpc) is 2.65. The van der Waals surface area contributed by atoms with Crippen molar-refractivity contribution in [1.29, 1.82) is 0 Å². The largest absolute Gasteiger partial charge is 0.439 e. The molecule has 0 saturated heterocycles. The van der Waals surface area contributed by atoms with E-state index in [1.54, 1.807) is 0 Å². The van der Waals surface area contributed by atoms with Crippen molar-refractivity contribution >= 4 is 10.0 Å². The lowest BCUT2D eigenvalue weighted by atomic mass is 10.3. The van der Waals surface area contributed by atoms with Gasteiger partial charge in [-0.3, -0.25) is 0 Å². The van der Waals surface area contributed by atoms with E-state index in [2.05, 4.69) is 9.71 Å². The van der Waals surface area contributed by atoms with Gasteiger partial charge in [-0.1, -0.05) is 0 Å². The highest BCUT2D eigenvalue weighted by Gasteiger charge is 2.22. The van der Waals surface area contributed by atoms with Crippen molar-refractivity contribution < 1.29 is 30.7 Å². The average molecular weight is 412 g/mol. The molecule has 28 heavy (non-hydrogen) atoms. The highest BCUT2D eigenvalue weighted by molar-refractivity contribution is 7.89. The molecule has 0 saturated carbocycles. The highest BCUT2D eigenvalue weighted by atomic mass is 32.2. The first-order valence-corrected chi connectivity index (χ1v) is 9.25. The summed E-state index contributed by atoms with van der Waals surface area (Å²) in [5.41, 5.74) is 0.402. The summed E-state index contributed by atoms with van der Waals surface area (Å²) in [4.78, 5) is 2.94. The van der Waals surface area contributed by atoms with Gasteiger partial charge in [0.1, 0.15) is 22.3 Å². The molecule has 0 unspecified atom stereocenters. The van der Waals surface area contributed by atoms with Gasteiger partial charge in [0.25, 0.3) is 0 Å². The molecule has 1 N–H and O–H groups in total. The Morgan fingerprint density at radius 2 is 1.57 bits per heavy atom. The van der Waals surface area contributed by atoms with E-state index < -0.39 is 38.2 Å². The van der Waals surface area contributed by atoms with E-state index >= 15 is 0 Å². The summed E-state index contributed by atoms with van der Waals surface area (Å²) in [6.45, 7) is -0.289. The molecule has 0 fully saturated rings. The molecular formula is C18H12F4N2O3S. The van der Waals surface area contributed by atoms with Gasteiger partial charge in [-0.25, -0.2) is 35.7 Å². The number of halogens is 4. The molecule has 0 radical (unpaired) electrons. The molecule has 0 bridgehead atoms. The van der Waals surface area contributed by atoms with Crippen LogP contribution in [0.2, 0.25) is 0 Å². The minimum Gasteiger partial charge on any atom is -0.439 e. The highest BCUT2D eigenvalue weighted by Crippen LogP contribution is 2.21. The second-order valence-electron chi connectivity index (χ2n) is 5.58. The lowest BCUT2D eigenvalue weighted by Crippen LogP contribution is -2.24. The number of sulfonamides is 1. The Labute approximate surface area is 157 Å². The quantitative estimate of drug-likeness (QED) is 0.493. The fourth-order valence-corrected chi connectivity index (χ4v) is 3.29. The smallest absolute Gasteiger partial charge is 0.243 e. The molecule has 10 heteroatoms. The number of hydrogen-bond acceptors (Lipinski definition) is 4. The first-order valence-electron chi connectivity index (χ1n) is 7.77. The summed E-state index contributed by atoms with van der Waals surface area (Å²) in [6, 6.07) is 8.48. The Hall–Kier alpha value is -2.98. The molecule has 5 nitrogen and oxygen atoms in total. The van der Waals surface area contributed by atoms with Gasteiger partial charge >= 0.3 is 0 Å². The van der Waals surface area contributed by atoms with E-state index in [1.807, 2.05) is 0 Å². The van der Waals surface area contributed by atoms with Crippen LogP contribution >= 0.6 is 0 Å². The van der Waals surface area contributed by atoms with Gasteiger partial charge in [0, 0.05) is 24.9 Å². The van der Waals surface area contributed by atoms with Gasteiger partial charge in [0.2, 0.25) is 15.9 Å². The van der Waals surface area contributed by atoms with E-state index in [-0.39, 0.29) is 24.6 Å². The van der Waals surface area contributed by atoms with Crippen molar-refractivity contribution in [3.63, 3.8) is 0 Å². The number of rotatable bonds is 6. The topological polar surface area (TPSA) is 68.3 Å². The molecule has 0 aliphatic carbocycles. The van der Waals surface area contributed by atoms with Crippen LogP contribution in [0.25, 0.3) is 0 Å². The lowest BCUT2D eigenvalue weighted by Gasteiger charge is -2.10. The van der Waals surface area contributed by atoms with Crippen LogP contribution in [0, 0.1) is 23.3 Å². The fraction of sp³-hybridized carbons (Fsp3) is 0.0556. The Balaban J connectivity index is 1.74. The van der Waals surface area contributed by atoms with Gasteiger partial charge in [0.15, 0.2) is 11.6 Å². The third kappa shape index (κ3) is 4.65. The number of nitrogens with zero attached hydrogens (tertiary/aromatic N) is 1. The second kappa shape index (κ2) is 7.95. The summed E-state index contributed by atoms with van der Waals surface area (Å²) >= 11 is 0. The first kappa shape index (κ1) is 19.8. The van der Waals surface area contributed by atoms with Crippen LogP contribution in [0.1, 0.15) is 5.56 Å². The number of ether oxygens (including phenoxy) is 1. The van der Waals surface area contributed by atoms with Crippen molar-refractivity contribution in [2.24, 2.45) is 0 Å². The zero-order valence-corrected chi connectivity index (χ0v) is 14.8. The Morgan fingerprint density at radius 3 is 2.29 bits per heavy atom. The van der Waals surface area contributed by atoms with Gasteiger partial charge in [-0.05, 0) is 42.0 Å². The van der Waals surface area contributed by atoms with E-state index in [1.165, 1.54) is 42.6 Å². The summed E-state index contributed by atoms with van der Waals surface area (Å²) in [7, 11) is -4.44. The second-order valence-corrected chi connectivity index (χ2v) is 7.31. The van der Waals surface area contributed by atoms with Crippen LogP contribution in [0.3, 0.4) is 0 Å². The molecule has 0 aliphatic rings. The van der Waals surface area contributed by atoms with E-state index in [0.717, 1.165) is 0 Å². The number of aromatic nitrogens is 1. The molecular weight excluding hydrogens is 400 g/mol. The molecule has 1 heterocycles. The van der Waals surface area contributed by atoms with E-state index in [4.69, 9.17) is 4.74 Å². The Kier molecular flexibility index (Phi) is 5.61. The van der Waals surface area contributed by atoms with Crippen LogP contribution in [0.5, 0.6) is 11.6 Å². The van der Waals surface area contributed by atoms with E-state index in [0.29, 0.717) is 11.3 Å². The number of hydrogen-bond donors (Lipinski definition) is 1. The maximum absolute atomic E-state index is 13.7. The summed E-state index contributed by atoms with van der Waals surface area (Å²) in [5, 5.41) is 0. The standard InChI is InChI=1S/C18H12F4N2O3S/c19-12-1-3-13(4-2-12)27-18-7-11(5-6-23-18)10-24-28(25,26)17-9-15(21)14(20)8-16(17)22/h1-9,24H,10H2. The first-order chi connectivity index (χ1) is 13.2. The minimum atomic E-state index is -4.44. The minimum absolute atomic E-state index is 0.113. The number of pyridine rings is 1. The zero-order chi connectivity index (χ0) is 20.3. The van der Waals surface area contributed by atoms with Gasteiger partial charge in [-0.15, -0.1) is 0 Å². The lowest BCUT2D eigenvalue weighted by molar-refractivity contribution is 0.460. The van der Waals surface area contributed by atoms with Gasteiger partial charge in [0.05, 0.1) is 0 Å². The van der Waals surface area contributed by atoms with Crippen molar-refractivity contribution in [1.82, 2.24) is 9.71 Å².